The van der Waals surface area contributed by atoms with Crippen LogP contribution >= 0.6 is 11.6 Å². The molecule has 3 rings (SSSR count). The monoisotopic (exact) mass is 474 g/mol. The predicted octanol–water partition coefficient (Wildman–Crippen LogP) is 5.11. The van der Waals surface area contributed by atoms with Crippen LogP contribution in [0.15, 0.2) is 89.7 Å². The van der Waals surface area contributed by atoms with Gasteiger partial charge in [-0.1, -0.05) is 54.1 Å². The summed E-state index contributed by atoms with van der Waals surface area (Å²) in [5.74, 6) is -0.934. The number of rotatable bonds is 9. The van der Waals surface area contributed by atoms with Crippen LogP contribution in [-0.4, -0.2) is 31.1 Å². The number of nitrogens with zero attached hydrogens (tertiary/aromatic N) is 2. The van der Waals surface area contributed by atoms with Gasteiger partial charge >= 0.3 is 0 Å². The van der Waals surface area contributed by atoms with Gasteiger partial charge in [0.2, 0.25) is 0 Å². The first-order valence-electron chi connectivity index (χ1n) is 11.0. The highest BCUT2D eigenvalue weighted by Gasteiger charge is 2.14. The van der Waals surface area contributed by atoms with Gasteiger partial charge in [-0.3, -0.25) is 9.59 Å². The summed E-state index contributed by atoms with van der Waals surface area (Å²) in [7, 11) is 0. The minimum absolute atomic E-state index is 0.0766. The van der Waals surface area contributed by atoms with Crippen LogP contribution in [0.2, 0.25) is 5.02 Å². The number of hydrogen-bond acceptors (Lipinski definition) is 4. The van der Waals surface area contributed by atoms with Gasteiger partial charge in [-0.15, -0.1) is 0 Å². The summed E-state index contributed by atoms with van der Waals surface area (Å²) in [6, 6.07) is 23.6. The maximum absolute atomic E-state index is 12.9. The van der Waals surface area contributed by atoms with Crippen molar-refractivity contribution in [2.75, 3.05) is 18.0 Å². The van der Waals surface area contributed by atoms with E-state index in [0.717, 1.165) is 29.9 Å². The molecule has 6 nitrogen and oxygen atoms in total. The largest absolute Gasteiger partial charge is 0.372 e. The maximum Gasteiger partial charge on any atom is 0.287 e. The summed E-state index contributed by atoms with van der Waals surface area (Å²) < 4.78 is 0. The van der Waals surface area contributed by atoms with Crippen LogP contribution < -0.4 is 15.6 Å². The molecule has 0 aliphatic rings. The molecule has 0 unspecified atom stereocenters. The van der Waals surface area contributed by atoms with E-state index in [4.69, 9.17) is 11.6 Å². The van der Waals surface area contributed by atoms with Gasteiger partial charge in [0.25, 0.3) is 11.8 Å². The van der Waals surface area contributed by atoms with Crippen molar-refractivity contribution in [3.63, 3.8) is 0 Å². The first kappa shape index (κ1) is 24.7. The molecule has 0 radical (unpaired) electrons. The molecule has 0 aromatic heterocycles. The van der Waals surface area contributed by atoms with E-state index in [0.29, 0.717) is 10.6 Å². The minimum Gasteiger partial charge on any atom is -0.372 e. The predicted molar refractivity (Wildman–Crippen MR) is 139 cm³/mol. The normalized spacial score (nSPS) is 11.3. The molecule has 3 aromatic rings. The van der Waals surface area contributed by atoms with Crippen molar-refractivity contribution < 1.29 is 9.59 Å². The minimum atomic E-state index is -0.546. The number of hydrazone groups is 1. The highest BCUT2D eigenvalue weighted by Crippen LogP contribution is 2.17. The highest BCUT2D eigenvalue weighted by atomic mass is 35.5. The molecule has 2 amide bonds. The molecule has 0 saturated carbocycles. The van der Waals surface area contributed by atoms with Gasteiger partial charge < -0.3 is 10.2 Å². The number of carbonyl (C=O) groups is 2. The van der Waals surface area contributed by atoms with E-state index in [2.05, 4.69) is 34.6 Å². The number of amides is 2. The molecule has 3 aromatic carbocycles. The molecule has 174 valence electrons. The molecule has 0 atom stereocenters. The molecule has 0 heterocycles. The molecule has 0 aliphatic heterocycles. The molecular formula is C27H27ClN4O2. The van der Waals surface area contributed by atoms with Crippen molar-refractivity contribution in [2.45, 2.75) is 13.8 Å². The second-order valence-corrected chi connectivity index (χ2v) is 7.83. The molecule has 34 heavy (non-hydrogen) atoms. The van der Waals surface area contributed by atoms with Crippen molar-refractivity contribution in [1.29, 1.82) is 0 Å². The van der Waals surface area contributed by atoms with Crippen LogP contribution in [0.5, 0.6) is 0 Å². The Morgan fingerprint density at radius 1 is 0.912 bits per heavy atom. The second kappa shape index (κ2) is 12.4. The Morgan fingerprint density at radius 3 is 2.26 bits per heavy atom. The molecule has 0 aliphatic carbocycles. The Bertz CT molecular complexity index is 1170. The van der Waals surface area contributed by atoms with Gasteiger partial charge in [0.1, 0.15) is 5.70 Å². The third kappa shape index (κ3) is 7.05. The van der Waals surface area contributed by atoms with Crippen LogP contribution in [0.25, 0.3) is 6.08 Å². The Kier molecular flexibility index (Phi) is 9.00. The van der Waals surface area contributed by atoms with Gasteiger partial charge in [0.15, 0.2) is 0 Å². The van der Waals surface area contributed by atoms with E-state index in [-0.39, 0.29) is 11.6 Å². The average Bonchev–Trinajstić information content (AvgIpc) is 2.86. The van der Waals surface area contributed by atoms with E-state index in [1.807, 2.05) is 36.4 Å². The second-order valence-electron chi connectivity index (χ2n) is 7.40. The van der Waals surface area contributed by atoms with Gasteiger partial charge in [0.05, 0.1) is 6.21 Å². The van der Waals surface area contributed by atoms with Crippen molar-refractivity contribution in [3.8, 4) is 0 Å². The van der Waals surface area contributed by atoms with E-state index in [1.165, 1.54) is 6.21 Å². The fourth-order valence-corrected chi connectivity index (χ4v) is 3.49. The van der Waals surface area contributed by atoms with Crippen molar-refractivity contribution in [3.05, 3.63) is 106 Å². The number of anilines is 1. The maximum atomic E-state index is 12.9. The van der Waals surface area contributed by atoms with Crippen molar-refractivity contribution >= 4 is 41.4 Å². The van der Waals surface area contributed by atoms with Gasteiger partial charge in [0, 0.05) is 29.4 Å². The molecule has 2 N–H and O–H groups in total. The number of hydrogen-bond donors (Lipinski definition) is 2. The van der Waals surface area contributed by atoms with E-state index < -0.39 is 5.91 Å². The first-order chi connectivity index (χ1) is 16.5. The number of halogens is 1. The molecule has 0 saturated heterocycles. The Morgan fingerprint density at radius 2 is 1.62 bits per heavy atom. The van der Waals surface area contributed by atoms with Crippen molar-refractivity contribution in [2.24, 2.45) is 5.10 Å². The van der Waals surface area contributed by atoms with Crippen LogP contribution in [0.4, 0.5) is 5.69 Å². The van der Waals surface area contributed by atoms with Crippen LogP contribution in [0.3, 0.4) is 0 Å². The summed E-state index contributed by atoms with van der Waals surface area (Å²) in [6.45, 7) is 6.00. The smallest absolute Gasteiger partial charge is 0.287 e. The molecular weight excluding hydrogens is 448 g/mol. The average molecular weight is 475 g/mol. The highest BCUT2D eigenvalue weighted by molar-refractivity contribution is 6.30. The molecule has 0 spiro atoms. The SMILES string of the molecule is CCN(CC)c1ccc(/C=C(/NC(=O)c2ccccc2)C(=O)N/N=C\c2cccc(Cl)c2)cc1. The lowest BCUT2D eigenvalue weighted by atomic mass is 10.1. The van der Waals surface area contributed by atoms with Crippen LogP contribution in [0.1, 0.15) is 35.3 Å². The summed E-state index contributed by atoms with van der Waals surface area (Å²) in [6.07, 6.45) is 3.11. The van der Waals surface area contributed by atoms with Gasteiger partial charge in [-0.2, -0.15) is 5.10 Å². The lowest BCUT2D eigenvalue weighted by Gasteiger charge is -2.20. The first-order valence-corrected chi connectivity index (χ1v) is 11.4. The van der Waals surface area contributed by atoms with E-state index in [9.17, 15) is 9.59 Å². The molecule has 0 bridgehead atoms. The fraction of sp³-hybridized carbons (Fsp3) is 0.148. The molecule has 7 heteroatoms. The Balaban J connectivity index is 1.82. The number of carbonyl (C=O) groups excluding carboxylic acids is 2. The lowest BCUT2D eigenvalue weighted by Crippen LogP contribution is -2.32. The van der Waals surface area contributed by atoms with Crippen LogP contribution in [0, 0.1) is 0 Å². The standard InChI is InChI=1S/C27H27ClN4O2/c1-3-32(4-2)24-15-13-20(14-16-24)18-25(30-26(33)22-10-6-5-7-11-22)27(34)31-29-19-21-9-8-12-23(28)17-21/h5-19H,3-4H2,1-2H3,(H,30,33)(H,31,34)/b25-18+,29-19-. The van der Waals surface area contributed by atoms with Crippen LogP contribution in [-0.2, 0) is 4.79 Å². The number of benzene rings is 3. The summed E-state index contributed by atoms with van der Waals surface area (Å²) >= 11 is 5.98. The van der Waals surface area contributed by atoms with Gasteiger partial charge in [-0.25, -0.2) is 5.43 Å². The zero-order valence-corrected chi connectivity index (χ0v) is 19.9. The number of nitrogens with one attached hydrogen (secondary N) is 2. The fourth-order valence-electron chi connectivity index (χ4n) is 3.29. The summed E-state index contributed by atoms with van der Waals surface area (Å²) in [4.78, 5) is 27.8. The Hall–Kier alpha value is -3.90. The van der Waals surface area contributed by atoms with E-state index in [1.54, 1.807) is 48.5 Å². The third-order valence-electron chi connectivity index (χ3n) is 5.09. The Labute approximate surface area is 204 Å². The lowest BCUT2D eigenvalue weighted by molar-refractivity contribution is -0.117. The van der Waals surface area contributed by atoms with Gasteiger partial charge in [-0.05, 0) is 67.4 Å². The molecule has 0 fully saturated rings. The summed E-state index contributed by atoms with van der Waals surface area (Å²) in [5, 5.41) is 7.28. The summed E-state index contributed by atoms with van der Waals surface area (Å²) in [5.41, 5.74) is 5.59. The third-order valence-corrected chi connectivity index (χ3v) is 5.32. The zero-order chi connectivity index (χ0) is 24.3. The van der Waals surface area contributed by atoms with Crippen molar-refractivity contribution in [1.82, 2.24) is 10.7 Å². The zero-order valence-electron chi connectivity index (χ0n) is 19.2. The quantitative estimate of drug-likeness (QED) is 0.257. The topological polar surface area (TPSA) is 73.8 Å². The van der Waals surface area contributed by atoms with E-state index >= 15 is 0 Å².